The van der Waals surface area contributed by atoms with E-state index in [4.69, 9.17) is 9.47 Å². The molecule has 144 valence electrons. The average molecular weight is 399 g/mol. The topological polar surface area (TPSA) is 64.8 Å². The fourth-order valence-corrected chi connectivity index (χ4v) is 3.88. The van der Waals surface area contributed by atoms with E-state index in [0.717, 1.165) is 11.3 Å². The van der Waals surface area contributed by atoms with Crippen molar-refractivity contribution in [2.45, 2.75) is 6.54 Å². The van der Waals surface area contributed by atoms with Gasteiger partial charge in [0, 0.05) is 24.6 Å². The van der Waals surface area contributed by atoms with Gasteiger partial charge in [-0.3, -0.25) is 4.79 Å². The SMILES string of the molecule is COCCn1c(-c2ccc3c(c2)NC(=O)CO3)csc1=Nc1ccccc1F. The molecule has 0 fully saturated rings. The Morgan fingerprint density at radius 1 is 1.32 bits per heavy atom. The van der Waals surface area contributed by atoms with Gasteiger partial charge in [0.25, 0.3) is 5.91 Å². The molecule has 0 saturated heterocycles. The van der Waals surface area contributed by atoms with Crippen LogP contribution in [0.25, 0.3) is 11.3 Å². The van der Waals surface area contributed by atoms with Gasteiger partial charge in [0.2, 0.25) is 0 Å². The van der Waals surface area contributed by atoms with E-state index in [2.05, 4.69) is 10.3 Å². The maximum Gasteiger partial charge on any atom is 0.262 e. The van der Waals surface area contributed by atoms with Crippen LogP contribution in [0.5, 0.6) is 5.75 Å². The van der Waals surface area contributed by atoms with E-state index in [1.54, 1.807) is 25.3 Å². The summed E-state index contributed by atoms with van der Waals surface area (Å²) in [5.41, 5.74) is 2.71. The van der Waals surface area contributed by atoms with Crippen LogP contribution in [0.2, 0.25) is 0 Å². The Balaban J connectivity index is 1.80. The molecule has 4 rings (SSSR count). The number of carbonyl (C=O) groups is 1. The van der Waals surface area contributed by atoms with Gasteiger partial charge in [-0.25, -0.2) is 9.38 Å². The van der Waals surface area contributed by atoms with Crippen LogP contribution in [0, 0.1) is 5.82 Å². The van der Waals surface area contributed by atoms with E-state index >= 15 is 0 Å². The van der Waals surface area contributed by atoms with Crippen molar-refractivity contribution in [2.75, 3.05) is 25.6 Å². The smallest absolute Gasteiger partial charge is 0.262 e. The Kier molecular flexibility index (Phi) is 5.23. The highest BCUT2D eigenvalue weighted by Crippen LogP contribution is 2.33. The highest BCUT2D eigenvalue weighted by atomic mass is 32.1. The van der Waals surface area contributed by atoms with Gasteiger partial charge in [0.05, 0.1) is 18.0 Å². The number of thiazole rings is 1. The molecule has 0 atom stereocenters. The monoisotopic (exact) mass is 399 g/mol. The molecule has 1 amide bonds. The van der Waals surface area contributed by atoms with Crippen LogP contribution in [-0.4, -0.2) is 30.8 Å². The Bertz CT molecular complexity index is 1090. The van der Waals surface area contributed by atoms with Crippen molar-refractivity contribution in [3.63, 3.8) is 0 Å². The van der Waals surface area contributed by atoms with E-state index in [-0.39, 0.29) is 24.0 Å². The minimum absolute atomic E-state index is 0.0182. The molecule has 1 aliphatic rings. The molecule has 3 aromatic rings. The Labute approximate surface area is 164 Å². The third kappa shape index (κ3) is 3.69. The van der Waals surface area contributed by atoms with Crippen molar-refractivity contribution in [1.82, 2.24) is 4.57 Å². The van der Waals surface area contributed by atoms with Gasteiger partial charge in [0.1, 0.15) is 17.3 Å². The largest absolute Gasteiger partial charge is 0.482 e. The number of rotatable bonds is 5. The first kappa shape index (κ1) is 18.4. The zero-order valence-corrected chi connectivity index (χ0v) is 16.0. The van der Waals surface area contributed by atoms with Gasteiger partial charge in [-0.15, -0.1) is 11.3 Å². The van der Waals surface area contributed by atoms with E-state index in [1.807, 2.05) is 28.1 Å². The number of nitrogens with one attached hydrogen (secondary N) is 1. The molecule has 2 heterocycles. The van der Waals surface area contributed by atoms with Crippen LogP contribution in [0.3, 0.4) is 0 Å². The summed E-state index contributed by atoms with van der Waals surface area (Å²) in [6.07, 6.45) is 0. The number of methoxy groups -OCH3 is 1. The highest BCUT2D eigenvalue weighted by Gasteiger charge is 2.18. The molecule has 28 heavy (non-hydrogen) atoms. The third-order valence-corrected chi connectivity index (χ3v) is 5.16. The second kappa shape index (κ2) is 7.95. The Morgan fingerprint density at radius 3 is 3.00 bits per heavy atom. The van der Waals surface area contributed by atoms with E-state index in [9.17, 15) is 9.18 Å². The summed E-state index contributed by atoms with van der Waals surface area (Å²) in [4.78, 5) is 16.8. The second-order valence-corrected chi connectivity index (χ2v) is 7.00. The van der Waals surface area contributed by atoms with Gasteiger partial charge < -0.3 is 19.4 Å². The van der Waals surface area contributed by atoms with Crippen molar-refractivity contribution in [1.29, 1.82) is 0 Å². The van der Waals surface area contributed by atoms with Gasteiger partial charge in [0.15, 0.2) is 11.4 Å². The van der Waals surface area contributed by atoms with Crippen LogP contribution in [-0.2, 0) is 16.1 Å². The first-order chi connectivity index (χ1) is 13.7. The molecule has 1 aromatic heterocycles. The summed E-state index contributed by atoms with van der Waals surface area (Å²) in [5.74, 6) is 0.0835. The number of halogens is 1. The number of benzene rings is 2. The summed E-state index contributed by atoms with van der Waals surface area (Å²) in [5, 5.41) is 4.78. The molecule has 2 aromatic carbocycles. The first-order valence-corrected chi connectivity index (χ1v) is 9.57. The van der Waals surface area contributed by atoms with Crippen molar-refractivity contribution in [3.8, 4) is 17.0 Å². The number of amides is 1. The van der Waals surface area contributed by atoms with Crippen LogP contribution < -0.4 is 14.9 Å². The highest BCUT2D eigenvalue weighted by molar-refractivity contribution is 7.07. The number of hydrogen-bond donors (Lipinski definition) is 1. The predicted octanol–water partition coefficient (Wildman–Crippen LogP) is 3.57. The molecule has 6 nitrogen and oxygen atoms in total. The quantitative estimate of drug-likeness (QED) is 0.713. The van der Waals surface area contributed by atoms with Crippen LogP contribution >= 0.6 is 11.3 Å². The van der Waals surface area contributed by atoms with Gasteiger partial charge >= 0.3 is 0 Å². The van der Waals surface area contributed by atoms with E-state index in [0.29, 0.717) is 29.4 Å². The number of para-hydroxylation sites is 1. The van der Waals surface area contributed by atoms with Crippen molar-refractivity contribution in [3.05, 3.63) is 58.5 Å². The molecule has 0 bridgehead atoms. The summed E-state index contributed by atoms with van der Waals surface area (Å²) >= 11 is 1.42. The van der Waals surface area contributed by atoms with Gasteiger partial charge in [-0.05, 0) is 30.3 Å². The lowest BCUT2D eigenvalue weighted by Crippen LogP contribution is -2.25. The standard InChI is InChI=1S/C20H18FN3O3S/c1-26-9-8-24-17(12-28-20(24)23-15-5-3-2-4-14(15)21)13-6-7-18-16(10-13)22-19(25)11-27-18/h2-7,10,12H,8-9,11H2,1H3,(H,22,25). The normalized spacial score (nSPS) is 13.8. The number of anilines is 1. The fraction of sp³-hybridized carbons (Fsp3) is 0.200. The maximum absolute atomic E-state index is 14.0. The summed E-state index contributed by atoms with van der Waals surface area (Å²) in [6.45, 7) is 1.06. The average Bonchev–Trinajstić information content (AvgIpc) is 3.10. The lowest BCUT2D eigenvalue weighted by molar-refractivity contribution is -0.118. The summed E-state index contributed by atoms with van der Waals surface area (Å²) in [6, 6.07) is 12.0. The van der Waals surface area contributed by atoms with Crippen molar-refractivity contribution >= 4 is 28.6 Å². The van der Waals surface area contributed by atoms with Crippen molar-refractivity contribution in [2.24, 2.45) is 4.99 Å². The zero-order chi connectivity index (χ0) is 19.5. The zero-order valence-electron chi connectivity index (χ0n) is 15.1. The molecule has 0 unspecified atom stereocenters. The third-order valence-electron chi connectivity index (χ3n) is 4.29. The fourth-order valence-electron chi connectivity index (χ4n) is 2.94. The van der Waals surface area contributed by atoms with Crippen LogP contribution in [0.4, 0.5) is 15.8 Å². The van der Waals surface area contributed by atoms with Crippen LogP contribution in [0.15, 0.2) is 52.8 Å². The van der Waals surface area contributed by atoms with Gasteiger partial charge in [-0.1, -0.05) is 12.1 Å². The second-order valence-electron chi connectivity index (χ2n) is 6.16. The predicted molar refractivity (Wildman–Crippen MR) is 105 cm³/mol. The minimum atomic E-state index is -0.371. The Morgan fingerprint density at radius 2 is 2.18 bits per heavy atom. The Hall–Kier alpha value is -2.97. The number of fused-ring (bicyclic) bond motifs is 1. The molecule has 0 radical (unpaired) electrons. The molecule has 8 heteroatoms. The molecule has 1 N–H and O–H groups in total. The number of aromatic nitrogens is 1. The minimum Gasteiger partial charge on any atom is -0.482 e. The van der Waals surface area contributed by atoms with Gasteiger partial charge in [-0.2, -0.15) is 0 Å². The summed E-state index contributed by atoms with van der Waals surface area (Å²) < 4.78 is 26.7. The first-order valence-electron chi connectivity index (χ1n) is 8.69. The molecule has 0 spiro atoms. The number of carbonyl (C=O) groups excluding carboxylic acids is 1. The number of nitrogens with zero attached hydrogens (tertiary/aromatic N) is 2. The van der Waals surface area contributed by atoms with E-state index < -0.39 is 0 Å². The molecule has 1 aliphatic heterocycles. The van der Waals surface area contributed by atoms with Crippen molar-refractivity contribution < 1.29 is 18.7 Å². The number of ether oxygens (including phenoxy) is 2. The number of hydrogen-bond acceptors (Lipinski definition) is 5. The molecular weight excluding hydrogens is 381 g/mol. The van der Waals surface area contributed by atoms with Crippen LogP contribution in [0.1, 0.15) is 0 Å². The molecule has 0 saturated carbocycles. The summed E-state index contributed by atoms with van der Waals surface area (Å²) in [7, 11) is 1.63. The molecule has 0 aliphatic carbocycles. The lowest BCUT2D eigenvalue weighted by atomic mass is 10.1. The lowest BCUT2D eigenvalue weighted by Gasteiger charge is -2.19. The van der Waals surface area contributed by atoms with E-state index in [1.165, 1.54) is 17.4 Å². The maximum atomic E-state index is 14.0. The molecular formula is C20H18FN3O3S.